The molecule has 0 amide bonds. The van der Waals surface area contributed by atoms with E-state index in [1.807, 2.05) is 5.38 Å². The zero-order chi connectivity index (χ0) is 12.3. The number of rotatable bonds is 4. The van der Waals surface area contributed by atoms with Crippen LogP contribution in [-0.4, -0.2) is 49.4 Å². The summed E-state index contributed by atoms with van der Waals surface area (Å²) >= 11 is 7.31. The first-order chi connectivity index (χ1) is 8.09. The molecule has 0 N–H and O–H groups in total. The molecule has 0 radical (unpaired) electrons. The fraction of sp³-hybridized carbons (Fsp3) is 0.700. The highest BCUT2D eigenvalue weighted by Gasteiger charge is 2.21. The van der Waals surface area contributed by atoms with Crippen molar-refractivity contribution in [3.05, 3.63) is 16.1 Å². The van der Waals surface area contributed by atoms with Crippen molar-refractivity contribution in [3.8, 4) is 0 Å². The summed E-state index contributed by atoms with van der Waals surface area (Å²) in [5, 5.41) is 3.05. The maximum absolute atomic E-state index is 11.3. The first kappa shape index (κ1) is 13.3. The van der Waals surface area contributed by atoms with E-state index in [2.05, 4.69) is 9.88 Å². The van der Waals surface area contributed by atoms with Crippen LogP contribution in [0.5, 0.6) is 0 Å². The summed E-state index contributed by atoms with van der Waals surface area (Å²) in [7, 11) is -2.77. The Morgan fingerprint density at radius 3 is 2.71 bits per heavy atom. The van der Waals surface area contributed by atoms with Gasteiger partial charge in [-0.15, -0.1) is 22.9 Å². The minimum Gasteiger partial charge on any atom is -0.301 e. The Balaban J connectivity index is 1.79. The predicted molar refractivity (Wildman–Crippen MR) is 70.5 cm³/mol. The highest BCUT2D eigenvalue weighted by atomic mass is 35.5. The molecule has 2 rings (SSSR count). The average Bonchev–Trinajstić information content (AvgIpc) is 2.75. The van der Waals surface area contributed by atoms with Gasteiger partial charge in [0.1, 0.15) is 0 Å². The number of halogens is 1. The van der Waals surface area contributed by atoms with Gasteiger partial charge in [-0.3, -0.25) is 0 Å². The molecular formula is C10H15ClN2O2S2. The lowest BCUT2D eigenvalue weighted by Gasteiger charge is -2.25. The Bertz CT molecular complexity index is 458. The highest BCUT2D eigenvalue weighted by Crippen LogP contribution is 2.13. The van der Waals surface area contributed by atoms with Crippen molar-refractivity contribution in [1.29, 1.82) is 0 Å². The highest BCUT2D eigenvalue weighted by molar-refractivity contribution is 7.91. The van der Waals surface area contributed by atoms with Crippen LogP contribution in [0.2, 0.25) is 0 Å². The van der Waals surface area contributed by atoms with Crippen molar-refractivity contribution in [2.75, 3.05) is 31.1 Å². The van der Waals surface area contributed by atoms with Crippen LogP contribution in [0, 0.1) is 0 Å². The van der Waals surface area contributed by atoms with Crippen molar-refractivity contribution in [1.82, 2.24) is 9.88 Å². The van der Waals surface area contributed by atoms with Gasteiger partial charge in [0.25, 0.3) is 0 Å². The molecule has 0 bridgehead atoms. The largest absolute Gasteiger partial charge is 0.301 e. The average molecular weight is 295 g/mol. The van der Waals surface area contributed by atoms with Crippen molar-refractivity contribution < 1.29 is 8.42 Å². The van der Waals surface area contributed by atoms with E-state index in [1.165, 1.54) is 0 Å². The van der Waals surface area contributed by atoms with Gasteiger partial charge in [-0.1, -0.05) is 0 Å². The smallest absolute Gasteiger partial charge is 0.152 e. The Morgan fingerprint density at radius 2 is 2.12 bits per heavy atom. The molecule has 17 heavy (non-hydrogen) atoms. The lowest BCUT2D eigenvalue weighted by Crippen LogP contribution is -2.41. The molecule has 1 aromatic rings. The third-order valence-corrected chi connectivity index (χ3v) is 5.66. The van der Waals surface area contributed by atoms with Gasteiger partial charge in [0.15, 0.2) is 9.84 Å². The first-order valence-corrected chi connectivity index (χ1v) is 8.74. The monoisotopic (exact) mass is 294 g/mol. The van der Waals surface area contributed by atoms with E-state index in [-0.39, 0.29) is 11.5 Å². The van der Waals surface area contributed by atoms with Crippen LogP contribution >= 0.6 is 22.9 Å². The Labute approximate surface area is 111 Å². The molecule has 0 unspecified atom stereocenters. The Hall–Kier alpha value is -0.170. The number of hydrogen-bond acceptors (Lipinski definition) is 5. The van der Waals surface area contributed by atoms with Gasteiger partial charge in [0.2, 0.25) is 0 Å². The fourth-order valence-corrected chi connectivity index (χ4v) is 4.05. The summed E-state index contributed by atoms with van der Waals surface area (Å²) in [6.45, 7) is 2.18. The van der Waals surface area contributed by atoms with Crippen LogP contribution in [0.25, 0.3) is 0 Å². The van der Waals surface area contributed by atoms with Crippen LogP contribution in [0.15, 0.2) is 5.38 Å². The Morgan fingerprint density at radius 1 is 1.41 bits per heavy atom. The SMILES string of the molecule is O=S1(=O)CCN(CCc2nc(CCl)cs2)CC1. The molecular weight excluding hydrogens is 280 g/mol. The number of hydrogen-bond donors (Lipinski definition) is 0. The third-order valence-electron chi connectivity index (χ3n) is 2.82. The first-order valence-electron chi connectivity index (χ1n) is 5.51. The lowest BCUT2D eigenvalue weighted by molar-refractivity contribution is 0.299. The summed E-state index contributed by atoms with van der Waals surface area (Å²) in [4.78, 5) is 6.57. The van der Waals surface area contributed by atoms with E-state index >= 15 is 0 Å². The minimum atomic E-state index is -2.77. The van der Waals surface area contributed by atoms with Gasteiger partial charge in [-0.05, 0) is 0 Å². The molecule has 1 aliphatic heterocycles. The number of alkyl halides is 1. The third kappa shape index (κ3) is 3.91. The molecule has 1 saturated heterocycles. The van der Waals surface area contributed by atoms with Crippen LogP contribution in [0.1, 0.15) is 10.7 Å². The molecule has 96 valence electrons. The van der Waals surface area contributed by atoms with Crippen LogP contribution in [0.3, 0.4) is 0 Å². The molecule has 4 nitrogen and oxygen atoms in total. The summed E-state index contributed by atoms with van der Waals surface area (Å²) in [5.74, 6) is 1.04. The topological polar surface area (TPSA) is 50.3 Å². The van der Waals surface area contributed by atoms with E-state index < -0.39 is 9.84 Å². The normalized spacial score (nSPS) is 20.5. The number of thiazole rings is 1. The molecule has 1 fully saturated rings. The molecule has 1 aromatic heterocycles. The lowest BCUT2D eigenvalue weighted by atomic mass is 10.4. The molecule has 0 atom stereocenters. The molecule has 0 spiro atoms. The molecule has 0 saturated carbocycles. The molecule has 1 aliphatic rings. The maximum Gasteiger partial charge on any atom is 0.152 e. The second-order valence-electron chi connectivity index (χ2n) is 4.11. The van der Waals surface area contributed by atoms with Crippen molar-refractivity contribution in [3.63, 3.8) is 0 Å². The van der Waals surface area contributed by atoms with E-state index in [0.29, 0.717) is 19.0 Å². The van der Waals surface area contributed by atoms with Crippen LogP contribution in [-0.2, 0) is 22.1 Å². The van der Waals surface area contributed by atoms with Gasteiger partial charge in [-0.25, -0.2) is 13.4 Å². The summed E-state index contributed by atoms with van der Waals surface area (Å²) in [6.07, 6.45) is 0.877. The van der Waals surface area contributed by atoms with E-state index in [0.717, 1.165) is 23.7 Å². The number of aromatic nitrogens is 1. The molecule has 0 aliphatic carbocycles. The summed E-state index contributed by atoms with van der Waals surface area (Å²) in [6, 6.07) is 0. The zero-order valence-corrected chi connectivity index (χ0v) is 11.8. The summed E-state index contributed by atoms with van der Waals surface area (Å²) in [5.41, 5.74) is 0.924. The van der Waals surface area contributed by atoms with Crippen LogP contribution in [0.4, 0.5) is 0 Å². The quantitative estimate of drug-likeness (QED) is 0.782. The van der Waals surface area contributed by atoms with Crippen molar-refractivity contribution in [2.24, 2.45) is 0 Å². The van der Waals surface area contributed by atoms with E-state index in [9.17, 15) is 8.42 Å². The van der Waals surface area contributed by atoms with Crippen molar-refractivity contribution in [2.45, 2.75) is 12.3 Å². The minimum absolute atomic E-state index is 0.289. The standard InChI is InChI=1S/C10H15ClN2O2S2/c11-7-9-8-16-10(12-9)1-2-13-3-5-17(14,15)6-4-13/h8H,1-7H2. The second kappa shape index (κ2) is 5.65. The van der Waals surface area contributed by atoms with E-state index in [4.69, 9.17) is 11.6 Å². The Kier molecular flexibility index (Phi) is 4.41. The van der Waals surface area contributed by atoms with Gasteiger partial charge in [0.05, 0.1) is 28.1 Å². The van der Waals surface area contributed by atoms with Crippen molar-refractivity contribution >= 4 is 32.8 Å². The van der Waals surface area contributed by atoms with Gasteiger partial charge in [-0.2, -0.15) is 0 Å². The van der Waals surface area contributed by atoms with Gasteiger partial charge < -0.3 is 4.90 Å². The van der Waals surface area contributed by atoms with Gasteiger partial charge in [0, 0.05) is 31.4 Å². The predicted octanol–water partition coefficient (Wildman–Crippen LogP) is 1.15. The molecule has 7 heteroatoms. The fourth-order valence-electron chi connectivity index (χ4n) is 1.75. The van der Waals surface area contributed by atoms with Crippen LogP contribution < -0.4 is 0 Å². The molecule has 2 heterocycles. The number of sulfone groups is 1. The van der Waals surface area contributed by atoms with Gasteiger partial charge >= 0.3 is 0 Å². The maximum atomic E-state index is 11.3. The molecule has 0 aromatic carbocycles. The number of nitrogens with zero attached hydrogens (tertiary/aromatic N) is 2. The zero-order valence-electron chi connectivity index (χ0n) is 9.43. The summed E-state index contributed by atoms with van der Waals surface area (Å²) < 4.78 is 22.5. The van der Waals surface area contributed by atoms with E-state index in [1.54, 1.807) is 11.3 Å². The second-order valence-corrected chi connectivity index (χ2v) is 7.62.